The number of nitrogens with zero attached hydrogens (tertiary/aromatic N) is 2. The van der Waals surface area contributed by atoms with E-state index in [0.717, 1.165) is 5.88 Å². The van der Waals surface area contributed by atoms with E-state index in [1.807, 2.05) is 0 Å². The summed E-state index contributed by atoms with van der Waals surface area (Å²) in [4.78, 5) is 5.01. The van der Waals surface area contributed by atoms with E-state index in [1.54, 1.807) is 20.0 Å². The van der Waals surface area contributed by atoms with Crippen LogP contribution in [0.15, 0.2) is 90.9 Å². The average Bonchev–Trinajstić information content (AvgIpc) is 3.51. The van der Waals surface area contributed by atoms with Gasteiger partial charge in [0.15, 0.2) is 5.88 Å². The second-order valence-corrected chi connectivity index (χ2v) is 19.9. The fourth-order valence-electron chi connectivity index (χ4n) is 7.89. The molecule has 2 aliphatic rings. The Kier molecular flexibility index (Phi) is 15.5. The maximum atomic E-state index is 7.88. The fourth-order valence-corrected chi connectivity index (χ4v) is 12.3. The molecule has 0 aromatic heterocycles. The molecule has 0 spiro atoms. The van der Waals surface area contributed by atoms with Crippen LogP contribution in [0.5, 0.6) is 0 Å². The predicted molar refractivity (Wildman–Crippen MR) is 210 cm³/mol. The predicted octanol–water partition coefficient (Wildman–Crippen LogP) is 11.9. The molecule has 3 nitrogen and oxygen atoms in total. The summed E-state index contributed by atoms with van der Waals surface area (Å²) < 4.78 is 7.88. The van der Waals surface area contributed by atoms with Crippen LogP contribution < -0.4 is 15.3 Å². The standard InChI is InChI=1S/C43H61N2OSi.Au.ClH/c1-34(2)39-30-23-31-40(35(3)4)42(39)45-33-44(36-24-17-13-11-9-8-10-12-14-18-25-36)32-41(45)46-47(43(5,6)7,37-26-19-15-20-27-37)38-28-21-16-22-29-38;;/h15-16,19-23,26-36H,8-14,17-18,24-25H2,1-7H3;;1H/q-1;+1;/p-1. The molecule has 1 fully saturated rings. The van der Waals surface area contributed by atoms with Gasteiger partial charge in [0.2, 0.25) is 0 Å². The second kappa shape index (κ2) is 19.0. The molecule has 6 heteroatoms. The zero-order valence-corrected chi connectivity index (χ0v) is 35.1. The molecule has 0 N–H and O–H groups in total. The Morgan fingerprint density at radius 1 is 0.673 bits per heavy atom. The van der Waals surface area contributed by atoms with Gasteiger partial charge in [-0.05, 0) is 51.2 Å². The number of halogens is 1. The van der Waals surface area contributed by atoms with Gasteiger partial charge in [0.05, 0.1) is 0 Å². The Bertz CT molecular complexity index is 1360. The number of rotatable bonds is 8. The monoisotopic (exact) mass is 881 g/mol. The SMILES string of the molecule is CC(C)c1cccc(C(C)C)c1N1[CH-]N(C2CCCCCCCCCCC2)C=C1O[Si](c1ccccc1)(c1ccccc1)C(C)(C)C.[Cl][Au]. The van der Waals surface area contributed by atoms with Gasteiger partial charge in [-0.1, -0.05) is 185 Å². The van der Waals surface area contributed by atoms with Gasteiger partial charge < -0.3 is 14.2 Å². The summed E-state index contributed by atoms with van der Waals surface area (Å²) in [5, 5.41) is 2.50. The van der Waals surface area contributed by atoms with Gasteiger partial charge in [-0.2, -0.15) is 0 Å². The van der Waals surface area contributed by atoms with Crippen LogP contribution in [0.3, 0.4) is 0 Å². The van der Waals surface area contributed by atoms with Crippen molar-refractivity contribution in [2.24, 2.45) is 0 Å². The van der Waals surface area contributed by atoms with Gasteiger partial charge in [0.25, 0.3) is 0 Å². The first-order valence-corrected chi connectivity index (χ1v) is 23.4. The third-order valence-electron chi connectivity index (χ3n) is 10.5. The average molecular weight is 882 g/mol. The van der Waals surface area contributed by atoms with Crippen molar-refractivity contribution in [3.63, 3.8) is 0 Å². The molecule has 1 aliphatic heterocycles. The van der Waals surface area contributed by atoms with E-state index in [9.17, 15) is 0 Å². The Morgan fingerprint density at radius 3 is 1.51 bits per heavy atom. The number of hydrogen-bond donors (Lipinski definition) is 0. The molecule has 3 aromatic carbocycles. The number of para-hydroxylation sites is 1. The maximum absolute atomic E-state index is 7.88. The second-order valence-electron chi connectivity index (χ2n) is 15.7. The molecular formula is C43H61AuClN2OSi-. The van der Waals surface area contributed by atoms with Crippen molar-refractivity contribution < 1.29 is 24.4 Å². The van der Waals surface area contributed by atoms with Crippen molar-refractivity contribution in [2.45, 2.75) is 142 Å². The zero-order chi connectivity index (χ0) is 35.4. The van der Waals surface area contributed by atoms with Gasteiger partial charge in [-0.15, -0.1) is 6.67 Å². The van der Waals surface area contributed by atoms with Crippen LogP contribution in [0.25, 0.3) is 0 Å². The molecule has 1 aliphatic carbocycles. The van der Waals surface area contributed by atoms with Gasteiger partial charge in [-0.25, -0.2) is 0 Å². The van der Waals surface area contributed by atoms with Gasteiger partial charge >= 0.3 is 37.5 Å². The first kappa shape index (κ1) is 39.8. The van der Waals surface area contributed by atoms with Crippen molar-refractivity contribution in [1.82, 2.24) is 4.90 Å². The molecule has 0 amide bonds. The summed E-state index contributed by atoms with van der Waals surface area (Å²) in [5.74, 6) is 1.75. The molecule has 0 saturated heterocycles. The summed E-state index contributed by atoms with van der Waals surface area (Å²) >= 11 is 1.75. The Hall–Kier alpha value is -1.95. The fraction of sp³-hybridized carbons (Fsp3) is 0.512. The third kappa shape index (κ3) is 9.68. The topological polar surface area (TPSA) is 15.7 Å². The number of hydrogen-bond acceptors (Lipinski definition) is 3. The molecule has 1 heterocycles. The van der Waals surface area contributed by atoms with Crippen LogP contribution in [0.1, 0.15) is 142 Å². The summed E-state index contributed by atoms with van der Waals surface area (Å²) in [6, 6.07) is 29.6. The molecule has 3 aromatic rings. The van der Waals surface area contributed by atoms with Gasteiger partial charge in [0.1, 0.15) is 0 Å². The molecule has 0 radical (unpaired) electrons. The molecule has 49 heavy (non-hydrogen) atoms. The van der Waals surface area contributed by atoms with Crippen LogP contribution in [0.2, 0.25) is 5.04 Å². The third-order valence-corrected chi connectivity index (χ3v) is 15.4. The Morgan fingerprint density at radius 2 is 1.10 bits per heavy atom. The van der Waals surface area contributed by atoms with Crippen LogP contribution >= 0.6 is 9.19 Å². The first-order chi connectivity index (χ1) is 23.6. The molecule has 5 rings (SSSR count). The number of benzene rings is 3. The summed E-state index contributed by atoms with van der Waals surface area (Å²) in [7, 11) is 1.72. The van der Waals surface area contributed by atoms with Crippen molar-refractivity contribution in [3.05, 3.63) is 109 Å². The number of anilines is 1. The normalized spacial score (nSPS) is 17.3. The molecule has 0 unspecified atom stereocenters. The Balaban J connectivity index is 0.00000265. The van der Waals surface area contributed by atoms with Crippen molar-refractivity contribution in [2.75, 3.05) is 4.90 Å². The molecule has 272 valence electrons. The summed E-state index contributed by atoms with van der Waals surface area (Å²) in [5.41, 5.74) is 4.06. The molecule has 1 saturated carbocycles. The van der Waals surface area contributed by atoms with Crippen LogP contribution in [0.4, 0.5) is 5.69 Å². The zero-order valence-electron chi connectivity index (χ0n) is 31.2. The quantitative estimate of drug-likeness (QED) is 0.166. The molecular weight excluding hydrogens is 821 g/mol. The minimum atomic E-state index is -2.86. The van der Waals surface area contributed by atoms with Gasteiger partial charge in [0, 0.05) is 17.9 Å². The Labute approximate surface area is 316 Å². The molecule has 0 atom stereocenters. The summed E-state index contributed by atoms with van der Waals surface area (Å²) in [6.45, 7) is 18.9. The van der Waals surface area contributed by atoms with E-state index in [2.05, 4.69) is 159 Å². The summed E-state index contributed by atoms with van der Waals surface area (Å²) in [6.07, 6.45) is 17.1. The van der Waals surface area contributed by atoms with E-state index < -0.39 is 8.32 Å². The van der Waals surface area contributed by atoms with E-state index in [4.69, 9.17) is 4.43 Å². The van der Waals surface area contributed by atoms with E-state index in [1.165, 1.54) is 97.8 Å². The van der Waals surface area contributed by atoms with Crippen molar-refractivity contribution in [1.29, 1.82) is 0 Å². The van der Waals surface area contributed by atoms with Crippen molar-refractivity contribution >= 4 is 33.6 Å². The van der Waals surface area contributed by atoms with E-state index in [0.29, 0.717) is 17.9 Å². The van der Waals surface area contributed by atoms with E-state index >= 15 is 0 Å². The van der Waals surface area contributed by atoms with E-state index in [-0.39, 0.29) is 5.04 Å². The van der Waals surface area contributed by atoms with Crippen LogP contribution in [0, 0.1) is 6.67 Å². The van der Waals surface area contributed by atoms with Crippen molar-refractivity contribution in [3.8, 4) is 0 Å². The van der Waals surface area contributed by atoms with Gasteiger partial charge in [-0.3, -0.25) is 0 Å². The van der Waals surface area contributed by atoms with Crippen LogP contribution in [-0.2, 0) is 24.4 Å². The minimum absolute atomic E-state index is 0.124. The molecule has 0 bridgehead atoms. The first-order valence-electron chi connectivity index (χ1n) is 18.8. The van der Waals surface area contributed by atoms with Crippen LogP contribution in [-0.4, -0.2) is 19.3 Å².